The third-order valence-corrected chi connectivity index (χ3v) is 3.44. The molecule has 3 nitrogen and oxygen atoms in total. The SMILES string of the molecule is Fc1cnc2c(c1)C(c1ccn3nccc3c1)=CC2. The quantitative estimate of drug-likeness (QED) is 0.665. The predicted molar refractivity (Wildman–Crippen MR) is 70.2 cm³/mol. The van der Waals surface area contributed by atoms with Gasteiger partial charge in [-0.1, -0.05) is 6.08 Å². The molecule has 3 aromatic heterocycles. The minimum Gasteiger partial charge on any atom is -0.257 e. The van der Waals surface area contributed by atoms with Gasteiger partial charge in [-0.3, -0.25) is 4.98 Å². The number of pyridine rings is 2. The van der Waals surface area contributed by atoms with Crippen molar-refractivity contribution in [2.75, 3.05) is 0 Å². The van der Waals surface area contributed by atoms with Crippen LogP contribution in [0.3, 0.4) is 0 Å². The van der Waals surface area contributed by atoms with Gasteiger partial charge in [0.2, 0.25) is 0 Å². The molecule has 0 N–H and O–H groups in total. The predicted octanol–water partition coefficient (Wildman–Crippen LogP) is 2.86. The Balaban J connectivity index is 1.88. The highest BCUT2D eigenvalue weighted by Gasteiger charge is 2.17. The molecule has 0 saturated heterocycles. The molecule has 4 heteroatoms. The van der Waals surface area contributed by atoms with Crippen molar-refractivity contribution in [1.82, 2.24) is 14.6 Å². The van der Waals surface area contributed by atoms with Gasteiger partial charge in [0.1, 0.15) is 5.82 Å². The first-order valence-electron chi connectivity index (χ1n) is 6.10. The minimum absolute atomic E-state index is 0.294. The van der Waals surface area contributed by atoms with Gasteiger partial charge < -0.3 is 0 Å². The monoisotopic (exact) mass is 251 g/mol. The van der Waals surface area contributed by atoms with E-state index in [1.807, 2.05) is 22.8 Å². The molecule has 3 heterocycles. The van der Waals surface area contributed by atoms with Crippen LogP contribution in [-0.2, 0) is 6.42 Å². The van der Waals surface area contributed by atoms with Crippen LogP contribution in [0.25, 0.3) is 11.1 Å². The standard InChI is InChI=1S/C15H10FN3/c16-11-8-14-13(1-2-15(14)17-9-11)10-4-6-19-12(7-10)3-5-18-19/h1,3-9H,2H2. The van der Waals surface area contributed by atoms with Crippen molar-refractivity contribution in [1.29, 1.82) is 0 Å². The fraction of sp³-hybridized carbons (Fsp3) is 0.0667. The number of aromatic nitrogens is 3. The molecular formula is C15H10FN3. The van der Waals surface area contributed by atoms with Gasteiger partial charge >= 0.3 is 0 Å². The zero-order chi connectivity index (χ0) is 12.8. The minimum atomic E-state index is -0.294. The molecule has 0 aliphatic heterocycles. The Morgan fingerprint density at radius 2 is 2.16 bits per heavy atom. The van der Waals surface area contributed by atoms with E-state index in [4.69, 9.17) is 0 Å². The molecule has 0 bridgehead atoms. The van der Waals surface area contributed by atoms with Gasteiger partial charge in [-0.05, 0) is 35.4 Å². The molecule has 0 atom stereocenters. The molecule has 3 aromatic rings. The Bertz CT molecular complexity index is 817. The van der Waals surface area contributed by atoms with Crippen LogP contribution in [-0.4, -0.2) is 14.6 Å². The zero-order valence-corrected chi connectivity index (χ0v) is 10.0. The molecule has 0 amide bonds. The van der Waals surface area contributed by atoms with Crippen LogP contribution in [0, 0.1) is 5.82 Å². The molecule has 0 radical (unpaired) electrons. The van der Waals surface area contributed by atoms with Crippen LogP contribution in [0.1, 0.15) is 16.8 Å². The van der Waals surface area contributed by atoms with Crippen molar-refractivity contribution >= 4 is 11.1 Å². The van der Waals surface area contributed by atoms with E-state index >= 15 is 0 Å². The number of hydrogen-bond donors (Lipinski definition) is 0. The summed E-state index contributed by atoms with van der Waals surface area (Å²) < 4.78 is 15.2. The van der Waals surface area contributed by atoms with Crippen LogP contribution >= 0.6 is 0 Å². The van der Waals surface area contributed by atoms with Crippen LogP contribution in [0.4, 0.5) is 4.39 Å². The second-order valence-electron chi connectivity index (χ2n) is 4.59. The highest BCUT2D eigenvalue weighted by Crippen LogP contribution is 2.32. The summed E-state index contributed by atoms with van der Waals surface area (Å²) in [5.74, 6) is -0.294. The van der Waals surface area contributed by atoms with E-state index in [1.54, 1.807) is 12.3 Å². The molecule has 0 aromatic carbocycles. The van der Waals surface area contributed by atoms with Crippen molar-refractivity contribution in [3.8, 4) is 0 Å². The second-order valence-corrected chi connectivity index (χ2v) is 4.59. The van der Waals surface area contributed by atoms with Crippen molar-refractivity contribution < 1.29 is 4.39 Å². The third kappa shape index (κ3) is 1.57. The Morgan fingerprint density at radius 3 is 3.11 bits per heavy atom. The Labute approximate surface area is 109 Å². The summed E-state index contributed by atoms with van der Waals surface area (Å²) in [6.45, 7) is 0. The summed E-state index contributed by atoms with van der Waals surface area (Å²) in [4.78, 5) is 4.14. The first-order chi connectivity index (χ1) is 9.31. The largest absolute Gasteiger partial charge is 0.257 e. The molecule has 4 rings (SSSR count). The van der Waals surface area contributed by atoms with E-state index in [2.05, 4.69) is 22.2 Å². The number of allylic oxidation sites excluding steroid dienone is 1. The first-order valence-corrected chi connectivity index (χ1v) is 6.10. The van der Waals surface area contributed by atoms with Gasteiger partial charge in [-0.25, -0.2) is 8.91 Å². The average molecular weight is 251 g/mol. The van der Waals surface area contributed by atoms with Crippen molar-refractivity contribution in [2.24, 2.45) is 0 Å². The summed E-state index contributed by atoms with van der Waals surface area (Å²) in [6, 6.07) is 7.55. The van der Waals surface area contributed by atoms with Crippen LogP contribution in [0.2, 0.25) is 0 Å². The molecule has 92 valence electrons. The number of hydrogen-bond acceptors (Lipinski definition) is 2. The number of nitrogens with zero attached hydrogens (tertiary/aromatic N) is 3. The lowest BCUT2D eigenvalue weighted by Gasteiger charge is -2.06. The fourth-order valence-electron chi connectivity index (χ4n) is 2.53. The van der Waals surface area contributed by atoms with E-state index in [0.717, 1.165) is 34.3 Å². The average Bonchev–Trinajstić information content (AvgIpc) is 3.03. The second kappa shape index (κ2) is 3.75. The van der Waals surface area contributed by atoms with Gasteiger partial charge in [0.15, 0.2) is 0 Å². The summed E-state index contributed by atoms with van der Waals surface area (Å²) in [7, 11) is 0. The van der Waals surface area contributed by atoms with E-state index < -0.39 is 0 Å². The fourth-order valence-corrected chi connectivity index (χ4v) is 2.53. The number of rotatable bonds is 1. The van der Waals surface area contributed by atoms with Gasteiger partial charge in [0.25, 0.3) is 0 Å². The van der Waals surface area contributed by atoms with Gasteiger partial charge in [-0.15, -0.1) is 0 Å². The Hall–Kier alpha value is -2.49. The maximum atomic E-state index is 13.4. The maximum Gasteiger partial charge on any atom is 0.142 e. The van der Waals surface area contributed by atoms with E-state index in [0.29, 0.717) is 0 Å². The topological polar surface area (TPSA) is 30.2 Å². The number of halogens is 1. The zero-order valence-electron chi connectivity index (χ0n) is 10.0. The summed E-state index contributed by atoms with van der Waals surface area (Å²) in [5, 5.41) is 4.17. The summed E-state index contributed by atoms with van der Waals surface area (Å²) >= 11 is 0. The van der Waals surface area contributed by atoms with E-state index in [9.17, 15) is 4.39 Å². The lowest BCUT2D eigenvalue weighted by atomic mass is 10.0. The molecule has 0 spiro atoms. The molecule has 19 heavy (non-hydrogen) atoms. The van der Waals surface area contributed by atoms with E-state index in [1.165, 1.54) is 6.20 Å². The van der Waals surface area contributed by atoms with Crippen molar-refractivity contribution in [3.05, 3.63) is 71.6 Å². The van der Waals surface area contributed by atoms with Gasteiger partial charge in [0.05, 0.1) is 17.4 Å². The van der Waals surface area contributed by atoms with Crippen molar-refractivity contribution in [2.45, 2.75) is 6.42 Å². The van der Waals surface area contributed by atoms with E-state index in [-0.39, 0.29) is 5.82 Å². The Morgan fingerprint density at radius 1 is 1.21 bits per heavy atom. The molecule has 0 unspecified atom stereocenters. The normalized spacial score (nSPS) is 13.6. The lowest BCUT2D eigenvalue weighted by molar-refractivity contribution is 0.619. The first kappa shape index (κ1) is 10.4. The summed E-state index contributed by atoms with van der Waals surface area (Å²) in [5.41, 5.74) is 4.97. The van der Waals surface area contributed by atoms with Gasteiger partial charge in [0, 0.05) is 24.4 Å². The summed E-state index contributed by atoms with van der Waals surface area (Å²) in [6.07, 6.45) is 7.80. The molecule has 0 fully saturated rings. The smallest absolute Gasteiger partial charge is 0.142 e. The van der Waals surface area contributed by atoms with Gasteiger partial charge in [-0.2, -0.15) is 5.10 Å². The number of fused-ring (bicyclic) bond motifs is 2. The Kier molecular flexibility index (Phi) is 2.06. The third-order valence-electron chi connectivity index (χ3n) is 3.44. The van der Waals surface area contributed by atoms with Crippen molar-refractivity contribution in [3.63, 3.8) is 0 Å². The molecule has 1 aliphatic rings. The molecule has 0 saturated carbocycles. The maximum absolute atomic E-state index is 13.4. The molecule has 1 aliphatic carbocycles. The lowest BCUT2D eigenvalue weighted by Crippen LogP contribution is -1.93. The van der Waals surface area contributed by atoms with Crippen LogP contribution in [0.15, 0.2) is 48.9 Å². The molecular weight excluding hydrogens is 241 g/mol. The van der Waals surface area contributed by atoms with Crippen LogP contribution < -0.4 is 0 Å². The highest BCUT2D eigenvalue weighted by atomic mass is 19.1. The van der Waals surface area contributed by atoms with Crippen LogP contribution in [0.5, 0.6) is 0 Å². The highest BCUT2D eigenvalue weighted by molar-refractivity contribution is 5.85.